The van der Waals surface area contributed by atoms with Crippen LogP contribution in [0.15, 0.2) is 46.4 Å². The topological polar surface area (TPSA) is 24.7 Å². The van der Waals surface area contributed by atoms with Gasteiger partial charge in [-0.05, 0) is 124 Å². The fourth-order valence-electron chi connectivity index (χ4n) is 6.77. The van der Waals surface area contributed by atoms with Gasteiger partial charge in [0.25, 0.3) is 0 Å². The fourth-order valence-corrected chi connectivity index (χ4v) is 6.77. The molecule has 0 aliphatic heterocycles. The Morgan fingerprint density at radius 1 is 0.347 bits per heavy atom. The van der Waals surface area contributed by atoms with Crippen molar-refractivity contribution in [1.82, 2.24) is 0 Å². The molecule has 0 atom stereocenters. The first-order valence-corrected chi connectivity index (χ1v) is 21.0. The maximum atomic E-state index is 5.57. The van der Waals surface area contributed by atoms with Crippen molar-refractivity contribution in [1.29, 1.82) is 0 Å². The van der Waals surface area contributed by atoms with Gasteiger partial charge in [0.2, 0.25) is 0 Å². The third kappa shape index (κ3) is 20.8. The Labute approximate surface area is 318 Å². The summed E-state index contributed by atoms with van der Waals surface area (Å²) in [5.74, 6) is 0. The maximum Gasteiger partial charge on any atom is 0.0639 e. The fraction of sp³-hybridized carbons (Fsp3) is 0.696. The van der Waals surface area contributed by atoms with E-state index in [-0.39, 0.29) is 20.4 Å². The van der Waals surface area contributed by atoms with E-state index in [4.69, 9.17) is 9.98 Å². The van der Waals surface area contributed by atoms with E-state index in [1.165, 1.54) is 156 Å². The van der Waals surface area contributed by atoms with Gasteiger partial charge in [-0.3, -0.25) is 9.98 Å². The van der Waals surface area contributed by atoms with Crippen molar-refractivity contribution < 1.29 is 20.4 Å². The molecule has 0 saturated heterocycles. The third-order valence-electron chi connectivity index (χ3n) is 9.75. The minimum absolute atomic E-state index is 0. The van der Waals surface area contributed by atoms with Crippen molar-refractivity contribution in [3.63, 3.8) is 0 Å². The number of nitrogens with zero attached hydrogens (tertiary/aromatic N) is 2. The van der Waals surface area contributed by atoms with E-state index in [1.54, 1.807) is 0 Å². The molecule has 0 fully saturated rings. The van der Waals surface area contributed by atoms with Crippen LogP contribution in [0.1, 0.15) is 205 Å². The Morgan fingerprint density at radius 3 is 0.980 bits per heavy atom. The standard InChI is InChI=1S/C46H76N2.Pd/c1-7-13-19-20-21-26-32-46(48-44-37-41(29-24-16-10-4)34-42(38-44)30-25-17-11-5)45(31-18-12-6)47-43-35-39(27-22-14-8-2)33-40(36-43)28-23-15-9-3;/h33-38H,7-32H2,1-6H3;. The molecule has 2 aromatic rings. The van der Waals surface area contributed by atoms with Gasteiger partial charge in [0.1, 0.15) is 0 Å². The molecule has 3 heteroatoms. The van der Waals surface area contributed by atoms with Crippen LogP contribution in [-0.4, -0.2) is 11.4 Å². The molecule has 0 radical (unpaired) electrons. The van der Waals surface area contributed by atoms with E-state index in [9.17, 15) is 0 Å². The Balaban J connectivity index is 0.0000120. The second-order valence-electron chi connectivity index (χ2n) is 14.6. The molecule has 2 rings (SSSR count). The molecule has 0 bridgehead atoms. The Bertz CT molecular complexity index is 1110. The molecule has 280 valence electrons. The molecule has 0 aliphatic carbocycles. The second kappa shape index (κ2) is 30.1. The summed E-state index contributed by atoms with van der Waals surface area (Å²) >= 11 is 0. The van der Waals surface area contributed by atoms with Gasteiger partial charge in [-0.1, -0.05) is 144 Å². The molecule has 0 aliphatic rings. The second-order valence-corrected chi connectivity index (χ2v) is 14.6. The SMILES string of the molecule is CCCCCCCCC(=Nc1cc(CCCCC)cc(CCCCC)c1)C(CCCC)=Nc1cc(CCCCC)cc(CCCCC)c1.[Pd]. The number of unbranched alkanes of at least 4 members (excludes halogenated alkanes) is 14. The largest absolute Gasteiger partial charge is 0.252 e. The average Bonchev–Trinajstić information content (AvgIpc) is 3.08. The van der Waals surface area contributed by atoms with E-state index in [0.29, 0.717) is 0 Å². The molecule has 2 nitrogen and oxygen atoms in total. The zero-order chi connectivity index (χ0) is 34.7. The van der Waals surface area contributed by atoms with Gasteiger partial charge in [-0.15, -0.1) is 0 Å². The van der Waals surface area contributed by atoms with E-state index in [2.05, 4.69) is 77.9 Å². The summed E-state index contributed by atoms with van der Waals surface area (Å²) in [6.07, 6.45) is 32.2. The van der Waals surface area contributed by atoms with Crippen LogP contribution >= 0.6 is 0 Å². The monoisotopic (exact) mass is 763 g/mol. The van der Waals surface area contributed by atoms with Gasteiger partial charge in [0.05, 0.1) is 22.8 Å². The molecule has 2 aromatic carbocycles. The van der Waals surface area contributed by atoms with Crippen molar-refractivity contribution in [3.05, 3.63) is 58.7 Å². The van der Waals surface area contributed by atoms with Crippen molar-refractivity contribution in [2.75, 3.05) is 0 Å². The van der Waals surface area contributed by atoms with Crippen molar-refractivity contribution >= 4 is 22.8 Å². The predicted octanol–water partition coefficient (Wildman–Crippen LogP) is 15.4. The quantitative estimate of drug-likeness (QED) is 0.0448. The Kier molecular flexibility index (Phi) is 27.9. The summed E-state index contributed by atoms with van der Waals surface area (Å²) in [6, 6.07) is 14.6. The van der Waals surface area contributed by atoms with Gasteiger partial charge < -0.3 is 0 Å². The molecule has 0 N–H and O–H groups in total. The molecule has 0 amide bonds. The minimum Gasteiger partial charge on any atom is -0.252 e. The summed E-state index contributed by atoms with van der Waals surface area (Å²) in [6.45, 7) is 13.8. The molecular weight excluding hydrogens is 687 g/mol. The summed E-state index contributed by atoms with van der Waals surface area (Å²) in [7, 11) is 0. The van der Waals surface area contributed by atoms with Crippen LogP contribution in [0.5, 0.6) is 0 Å². The van der Waals surface area contributed by atoms with Crippen LogP contribution in [0.2, 0.25) is 0 Å². The summed E-state index contributed by atoms with van der Waals surface area (Å²) < 4.78 is 0. The maximum absolute atomic E-state index is 5.57. The van der Waals surface area contributed by atoms with E-state index in [1.807, 2.05) is 0 Å². The van der Waals surface area contributed by atoms with Crippen LogP contribution in [0.25, 0.3) is 0 Å². The number of aryl methyl sites for hydroxylation is 4. The van der Waals surface area contributed by atoms with Crippen LogP contribution in [0, 0.1) is 0 Å². The number of hydrogen-bond acceptors (Lipinski definition) is 2. The van der Waals surface area contributed by atoms with Crippen LogP contribution < -0.4 is 0 Å². The molecule has 0 unspecified atom stereocenters. The molecule has 0 spiro atoms. The zero-order valence-corrected chi connectivity index (χ0v) is 34.6. The van der Waals surface area contributed by atoms with Gasteiger partial charge in [-0.25, -0.2) is 0 Å². The number of benzene rings is 2. The summed E-state index contributed by atoms with van der Waals surface area (Å²) in [5.41, 5.74) is 10.7. The van der Waals surface area contributed by atoms with Gasteiger partial charge in [-0.2, -0.15) is 0 Å². The Morgan fingerprint density at radius 2 is 0.633 bits per heavy atom. The molecule has 0 heterocycles. The van der Waals surface area contributed by atoms with Crippen molar-refractivity contribution in [2.24, 2.45) is 9.98 Å². The summed E-state index contributed by atoms with van der Waals surface area (Å²) in [4.78, 5) is 11.1. The first-order chi connectivity index (χ1) is 23.6. The van der Waals surface area contributed by atoms with Crippen LogP contribution in [0.3, 0.4) is 0 Å². The zero-order valence-electron chi connectivity index (χ0n) is 33.1. The normalized spacial score (nSPS) is 12.0. The number of aliphatic imine (C=N–C) groups is 2. The number of rotatable bonds is 29. The van der Waals surface area contributed by atoms with Gasteiger partial charge >= 0.3 is 0 Å². The van der Waals surface area contributed by atoms with Gasteiger partial charge in [0, 0.05) is 20.4 Å². The van der Waals surface area contributed by atoms with Gasteiger partial charge in [0.15, 0.2) is 0 Å². The Hall–Kier alpha value is -1.56. The van der Waals surface area contributed by atoms with E-state index < -0.39 is 0 Å². The first-order valence-electron chi connectivity index (χ1n) is 21.0. The minimum atomic E-state index is 0. The van der Waals surface area contributed by atoms with E-state index >= 15 is 0 Å². The van der Waals surface area contributed by atoms with E-state index in [0.717, 1.165) is 56.3 Å². The van der Waals surface area contributed by atoms with Crippen LogP contribution in [-0.2, 0) is 46.1 Å². The number of hydrogen-bond donors (Lipinski definition) is 0. The molecule has 0 aromatic heterocycles. The summed E-state index contributed by atoms with van der Waals surface area (Å²) in [5, 5.41) is 0. The first kappa shape index (κ1) is 45.5. The molecular formula is C46H76N2Pd. The average molecular weight is 764 g/mol. The van der Waals surface area contributed by atoms with Crippen LogP contribution in [0.4, 0.5) is 11.4 Å². The molecule has 0 saturated carbocycles. The van der Waals surface area contributed by atoms with Crippen molar-refractivity contribution in [3.8, 4) is 0 Å². The molecule has 49 heavy (non-hydrogen) atoms. The smallest absolute Gasteiger partial charge is 0.0639 e. The van der Waals surface area contributed by atoms with Crippen molar-refractivity contribution in [2.45, 2.75) is 208 Å². The predicted molar refractivity (Wildman–Crippen MR) is 218 cm³/mol. The third-order valence-corrected chi connectivity index (χ3v) is 9.75.